The Hall–Kier alpha value is -2.95. The molecule has 5 heteroatoms. The minimum absolute atomic E-state index is 0.0919. The van der Waals surface area contributed by atoms with E-state index in [1.54, 1.807) is 25.3 Å². The van der Waals surface area contributed by atoms with Crippen molar-refractivity contribution in [2.45, 2.75) is 13.8 Å². The number of hydrogen-bond acceptors (Lipinski definition) is 3. The standard InChI is InChI=1S/C18H17N3O2/c1-12-8-9-14(10-18(12)21(22)23)19-11-16-13(2)20(3)17-7-5-4-6-15(16)17/h4-11H,1-3H3. The van der Waals surface area contributed by atoms with Crippen LogP contribution in [0.25, 0.3) is 10.9 Å². The Morgan fingerprint density at radius 3 is 2.65 bits per heavy atom. The highest BCUT2D eigenvalue weighted by atomic mass is 16.6. The van der Waals surface area contributed by atoms with E-state index in [4.69, 9.17) is 0 Å². The third kappa shape index (κ3) is 2.61. The number of fused-ring (bicyclic) bond motifs is 1. The molecule has 1 heterocycles. The van der Waals surface area contributed by atoms with Crippen LogP contribution in [0, 0.1) is 24.0 Å². The molecule has 5 nitrogen and oxygen atoms in total. The van der Waals surface area contributed by atoms with Crippen LogP contribution in [0.1, 0.15) is 16.8 Å². The van der Waals surface area contributed by atoms with Gasteiger partial charge < -0.3 is 4.57 Å². The summed E-state index contributed by atoms with van der Waals surface area (Å²) in [6.45, 7) is 3.76. The van der Waals surface area contributed by atoms with Gasteiger partial charge in [0.2, 0.25) is 0 Å². The number of aliphatic imine (C=N–C) groups is 1. The highest BCUT2D eigenvalue weighted by Gasteiger charge is 2.12. The molecule has 0 amide bonds. The predicted molar refractivity (Wildman–Crippen MR) is 92.7 cm³/mol. The number of benzene rings is 2. The molecule has 3 rings (SSSR count). The van der Waals surface area contributed by atoms with Crippen LogP contribution in [0.2, 0.25) is 0 Å². The first-order valence-corrected chi connectivity index (χ1v) is 7.32. The topological polar surface area (TPSA) is 60.4 Å². The van der Waals surface area contributed by atoms with E-state index in [0.717, 1.165) is 22.2 Å². The lowest BCUT2D eigenvalue weighted by atomic mass is 10.1. The lowest BCUT2D eigenvalue weighted by Crippen LogP contribution is -1.92. The van der Waals surface area contributed by atoms with Gasteiger partial charge in [-0.25, -0.2) is 0 Å². The lowest BCUT2D eigenvalue weighted by molar-refractivity contribution is -0.385. The average molecular weight is 307 g/mol. The quantitative estimate of drug-likeness (QED) is 0.407. The zero-order chi connectivity index (χ0) is 16.6. The number of nitro benzene ring substituents is 1. The van der Waals surface area contributed by atoms with Gasteiger partial charge in [0.05, 0.1) is 10.6 Å². The summed E-state index contributed by atoms with van der Waals surface area (Å²) in [5.74, 6) is 0. The molecule has 0 atom stereocenters. The molecule has 0 spiro atoms. The van der Waals surface area contributed by atoms with E-state index in [1.165, 1.54) is 6.07 Å². The van der Waals surface area contributed by atoms with Gasteiger partial charge in [0, 0.05) is 47.1 Å². The highest BCUT2D eigenvalue weighted by Crippen LogP contribution is 2.26. The van der Waals surface area contributed by atoms with Gasteiger partial charge in [0.25, 0.3) is 5.69 Å². The average Bonchev–Trinajstić information content (AvgIpc) is 2.78. The van der Waals surface area contributed by atoms with Crippen LogP contribution in [0.15, 0.2) is 47.5 Å². The molecule has 0 fully saturated rings. The summed E-state index contributed by atoms with van der Waals surface area (Å²) in [5, 5.41) is 12.2. The molecule has 0 aliphatic heterocycles. The first kappa shape index (κ1) is 15.0. The largest absolute Gasteiger partial charge is 0.347 e. The Kier molecular flexibility index (Phi) is 3.70. The molecule has 0 aliphatic rings. The summed E-state index contributed by atoms with van der Waals surface area (Å²) in [6.07, 6.45) is 1.78. The Morgan fingerprint density at radius 1 is 1.17 bits per heavy atom. The normalized spacial score (nSPS) is 11.4. The summed E-state index contributed by atoms with van der Waals surface area (Å²) in [5.41, 5.74) is 4.59. The number of nitrogens with zero attached hydrogens (tertiary/aromatic N) is 3. The van der Waals surface area contributed by atoms with Crippen molar-refractivity contribution in [3.05, 3.63) is 69.4 Å². The van der Waals surface area contributed by atoms with Crippen molar-refractivity contribution in [3.8, 4) is 0 Å². The molecule has 0 saturated carbocycles. The van der Waals surface area contributed by atoms with Gasteiger partial charge in [-0.2, -0.15) is 0 Å². The van der Waals surface area contributed by atoms with Gasteiger partial charge in [-0.3, -0.25) is 15.1 Å². The third-order valence-corrected chi connectivity index (χ3v) is 4.18. The molecule has 3 aromatic rings. The van der Waals surface area contributed by atoms with Gasteiger partial charge in [0.15, 0.2) is 0 Å². The van der Waals surface area contributed by atoms with Crippen molar-refractivity contribution < 1.29 is 4.92 Å². The van der Waals surface area contributed by atoms with Crippen LogP contribution in [0.3, 0.4) is 0 Å². The van der Waals surface area contributed by atoms with Crippen LogP contribution in [-0.2, 0) is 7.05 Å². The van der Waals surface area contributed by atoms with Crippen LogP contribution in [0.5, 0.6) is 0 Å². The molecule has 0 bridgehead atoms. The number of para-hydroxylation sites is 1. The second kappa shape index (κ2) is 5.68. The zero-order valence-electron chi connectivity index (χ0n) is 13.3. The van der Waals surface area contributed by atoms with E-state index in [-0.39, 0.29) is 10.6 Å². The van der Waals surface area contributed by atoms with Crippen LogP contribution in [-0.4, -0.2) is 15.7 Å². The van der Waals surface area contributed by atoms with Crippen molar-refractivity contribution in [2.75, 3.05) is 0 Å². The molecule has 0 saturated heterocycles. The zero-order valence-corrected chi connectivity index (χ0v) is 13.3. The minimum Gasteiger partial charge on any atom is -0.347 e. The molecule has 0 radical (unpaired) electrons. The second-order valence-corrected chi connectivity index (χ2v) is 5.56. The van der Waals surface area contributed by atoms with Crippen molar-refractivity contribution in [3.63, 3.8) is 0 Å². The summed E-state index contributed by atoms with van der Waals surface area (Å²) in [7, 11) is 2.02. The van der Waals surface area contributed by atoms with Gasteiger partial charge in [-0.05, 0) is 26.0 Å². The molecule has 23 heavy (non-hydrogen) atoms. The second-order valence-electron chi connectivity index (χ2n) is 5.56. The first-order chi connectivity index (χ1) is 11.0. The molecular formula is C18H17N3O2. The number of nitro groups is 1. The van der Waals surface area contributed by atoms with E-state index in [1.807, 2.05) is 26.1 Å². The molecular weight excluding hydrogens is 290 g/mol. The van der Waals surface area contributed by atoms with Gasteiger partial charge in [-0.15, -0.1) is 0 Å². The Morgan fingerprint density at radius 2 is 1.91 bits per heavy atom. The minimum atomic E-state index is -0.377. The van der Waals surface area contributed by atoms with E-state index in [2.05, 4.69) is 21.7 Å². The summed E-state index contributed by atoms with van der Waals surface area (Å²) >= 11 is 0. The third-order valence-electron chi connectivity index (χ3n) is 4.18. The van der Waals surface area contributed by atoms with E-state index in [9.17, 15) is 10.1 Å². The van der Waals surface area contributed by atoms with Crippen molar-refractivity contribution in [2.24, 2.45) is 12.0 Å². The van der Waals surface area contributed by atoms with E-state index >= 15 is 0 Å². The monoisotopic (exact) mass is 307 g/mol. The molecule has 2 aromatic carbocycles. The number of hydrogen-bond donors (Lipinski definition) is 0. The number of rotatable bonds is 3. The van der Waals surface area contributed by atoms with Gasteiger partial charge >= 0.3 is 0 Å². The van der Waals surface area contributed by atoms with Crippen molar-refractivity contribution >= 4 is 28.5 Å². The predicted octanol–water partition coefficient (Wildman–Crippen LogP) is 4.45. The molecule has 1 aromatic heterocycles. The number of aryl methyl sites for hydroxylation is 2. The SMILES string of the molecule is Cc1ccc(N=Cc2c(C)n(C)c3ccccc23)cc1[N+](=O)[O-]. The highest BCUT2D eigenvalue weighted by molar-refractivity contribution is 6.01. The maximum atomic E-state index is 11.0. The molecule has 116 valence electrons. The van der Waals surface area contributed by atoms with Crippen LogP contribution in [0.4, 0.5) is 11.4 Å². The van der Waals surface area contributed by atoms with Crippen LogP contribution < -0.4 is 0 Å². The lowest BCUT2D eigenvalue weighted by Gasteiger charge is -1.99. The maximum Gasteiger partial charge on any atom is 0.274 e. The van der Waals surface area contributed by atoms with E-state index in [0.29, 0.717) is 11.3 Å². The Labute approximate surface area is 134 Å². The molecule has 0 N–H and O–H groups in total. The van der Waals surface area contributed by atoms with Crippen molar-refractivity contribution in [1.82, 2.24) is 4.57 Å². The fourth-order valence-corrected chi connectivity index (χ4v) is 2.73. The fourth-order valence-electron chi connectivity index (χ4n) is 2.73. The van der Waals surface area contributed by atoms with E-state index < -0.39 is 0 Å². The van der Waals surface area contributed by atoms with Crippen LogP contribution >= 0.6 is 0 Å². The number of aromatic nitrogens is 1. The fraction of sp³-hybridized carbons (Fsp3) is 0.167. The van der Waals surface area contributed by atoms with Gasteiger partial charge in [-0.1, -0.05) is 24.3 Å². The Bertz CT molecular complexity index is 939. The smallest absolute Gasteiger partial charge is 0.274 e. The summed E-state index contributed by atoms with van der Waals surface area (Å²) in [6, 6.07) is 13.1. The van der Waals surface area contributed by atoms with Crippen molar-refractivity contribution in [1.29, 1.82) is 0 Å². The molecule has 0 aliphatic carbocycles. The maximum absolute atomic E-state index is 11.0. The Balaban J connectivity index is 2.06. The summed E-state index contributed by atoms with van der Waals surface area (Å²) in [4.78, 5) is 15.1. The van der Waals surface area contributed by atoms with Gasteiger partial charge in [0.1, 0.15) is 0 Å². The molecule has 0 unspecified atom stereocenters. The summed E-state index contributed by atoms with van der Waals surface area (Å²) < 4.78 is 2.12. The first-order valence-electron chi connectivity index (χ1n) is 7.32.